The summed E-state index contributed by atoms with van der Waals surface area (Å²) in [6.45, 7) is 1.95. The summed E-state index contributed by atoms with van der Waals surface area (Å²) in [4.78, 5) is 10.8. The van der Waals surface area contributed by atoms with Gasteiger partial charge in [0.15, 0.2) is 5.75 Å². The first-order chi connectivity index (χ1) is 10.7. The molecule has 3 rings (SSSR count). The smallest absolute Gasteiger partial charge is 0.225 e. The lowest BCUT2D eigenvalue weighted by molar-refractivity contribution is -0.203. The normalized spacial score (nSPS) is 26.8. The fourth-order valence-corrected chi connectivity index (χ4v) is 3.51. The van der Waals surface area contributed by atoms with Crippen LogP contribution in [0.5, 0.6) is 5.75 Å². The zero-order valence-electron chi connectivity index (χ0n) is 12.8. The van der Waals surface area contributed by atoms with E-state index >= 15 is 0 Å². The largest absolute Gasteiger partial charge is 0.494 e. The molecule has 1 aliphatic heterocycles. The molecule has 122 valence electrons. The van der Waals surface area contributed by atoms with Gasteiger partial charge in [0, 0.05) is 24.9 Å². The molecule has 0 bridgehead atoms. The minimum absolute atomic E-state index is 0.0223. The van der Waals surface area contributed by atoms with Crippen LogP contribution in [0.3, 0.4) is 0 Å². The molecule has 0 unspecified atom stereocenters. The SMILES string of the molecule is COc1cnc(N2CCC3(CC2)[C@H](O)C[C@@H]3OCCO)nc1. The minimum atomic E-state index is -0.310. The van der Waals surface area contributed by atoms with Gasteiger partial charge in [0.1, 0.15) is 0 Å². The van der Waals surface area contributed by atoms with Crippen molar-refractivity contribution < 1.29 is 19.7 Å². The Bertz CT molecular complexity index is 488. The second-order valence-corrected chi connectivity index (χ2v) is 5.98. The van der Waals surface area contributed by atoms with Gasteiger partial charge in [0.25, 0.3) is 0 Å². The van der Waals surface area contributed by atoms with Gasteiger partial charge in [-0.15, -0.1) is 0 Å². The summed E-state index contributed by atoms with van der Waals surface area (Å²) in [6, 6.07) is 0. The first-order valence-electron chi connectivity index (χ1n) is 7.71. The molecule has 2 aliphatic rings. The quantitative estimate of drug-likeness (QED) is 0.804. The second kappa shape index (κ2) is 6.36. The molecule has 2 fully saturated rings. The number of hydrogen-bond donors (Lipinski definition) is 2. The summed E-state index contributed by atoms with van der Waals surface area (Å²) < 4.78 is 10.8. The topological polar surface area (TPSA) is 87.9 Å². The Morgan fingerprint density at radius 2 is 2.00 bits per heavy atom. The van der Waals surface area contributed by atoms with Gasteiger partial charge in [-0.05, 0) is 12.8 Å². The molecule has 2 atom stereocenters. The number of aromatic nitrogens is 2. The number of methoxy groups -OCH3 is 1. The summed E-state index contributed by atoms with van der Waals surface area (Å²) in [5, 5.41) is 19.1. The Labute approximate surface area is 129 Å². The standard InChI is InChI=1S/C15H23N3O4/c1-21-11-9-16-14(17-10-11)18-4-2-15(3-5-18)12(20)8-13(15)22-7-6-19/h9-10,12-13,19-20H,2-8H2,1H3/t12-,13+/m1/s1. The zero-order chi connectivity index (χ0) is 15.6. The molecule has 2 heterocycles. The Morgan fingerprint density at radius 1 is 1.32 bits per heavy atom. The van der Waals surface area contributed by atoms with Crippen LogP contribution in [-0.4, -0.2) is 65.8 Å². The molecule has 2 N–H and O–H groups in total. The van der Waals surface area contributed by atoms with Crippen LogP contribution >= 0.6 is 0 Å². The molecular formula is C15H23N3O4. The highest BCUT2D eigenvalue weighted by molar-refractivity contribution is 5.33. The number of ether oxygens (including phenoxy) is 2. The first-order valence-corrected chi connectivity index (χ1v) is 7.71. The maximum Gasteiger partial charge on any atom is 0.225 e. The number of aliphatic hydroxyl groups excluding tert-OH is 2. The van der Waals surface area contributed by atoms with Crippen molar-refractivity contribution in [3.63, 3.8) is 0 Å². The van der Waals surface area contributed by atoms with E-state index in [-0.39, 0.29) is 24.2 Å². The fourth-order valence-electron chi connectivity index (χ4n) is 3.51. The third-order valence-electron chi connectivity index (χ3n) is 4.98. The van der Waals surface area contributed by atoms with Crippen molar-refractivity contribution in [3.05, 3.63) is 12.4 Å². The van der Waals surface area contributed by atoms with Gasteiger partial charge in [-0.1, -0.05) is 0 Å². The van der Waals surface area contributed by atoms with Gasteiger partial charge in [-0.25, -0.2) is 9.97 Å². The van der Waals surface area contributed by atoms with Crippen molar-refractivity contribution in [1.29, 1.82) is 0 Å². The molecule has 0 radical (unpaired) electrons. The van der Waals surface area contributed by atoms with Gasteiger partial charge in [0.05, 0.1) is 44.9 Å². The minimum Gasteiger partial charge on any atom is -0.494 e. The van der Waals surface area contributed by atoms with Crippen LogP contribution in [0.2, 0.25) is 0 Å². The number of rotatable bonds is 5. The predicted molar refractivity (Wildman–Crippen MR) is 79.9 cm³/mol. The van der Waals surface area contributed by atoms with E-state index in [9.17, 15) is 5.11 Å². The molecule has 22 heavy (non-hydrogen) atoms. The lowest BCUT2D eigenvalue weighted by Gasteiger charge is -2.56. The Balaban J connectivity index is 1.61. The highest BCUT2D eigenvalue weighted by atomic mass is 16.5. The molecule has 1 aromatic rings. The molecule has 0 aromatic carbocycles. The molecular weight excluding hydrogens is 286 g/mol. The summed E-state index contributed by atoms with van der Waals surface area (Å²) in [5.41, 5.74) is -0.169. The Hall–Kier alpha value is -1.44. The van der Waals surface area contributed by atoms with Crippen LogP contribution in [0.4, 0.5) is 5.95 Å². The van der Waals surface area contributed by atoms with E-state index in [2.05, 4.69) is 14.9 Å². The number of aliphatic hydroxyl groups is 2. The number of nitrogens with zero attached hydrogens (tertiary/aromatic N) is 3. The van der Waals surface area contributed by atoms with Gasteiger partial charge in [-0.3, -0.25) is 0 Å². The average Bonchev–Trinajstić information content (AvgIpc) is 2.58. The van der Waals surface area contributed by atoms with E-state index in [4.69, 9.17) is 14.6 Å². The average molecular weight is 309 g/mol. The summed E-state index contributed by atoms with van der Waals surface area (Å²) in [7, 11) is 1.59. The van der Waals surface area contributed by atoms with E-state index < -0.39 is 0 Å². The van der Waals surface area contributed by atoms with Crippen LogP contribution in [0.15, 0.2) is 12.4 Å². The van der Waals surface area contributed by atoms with Crippen molar-refractivity contribution in [2.75, 3.05) is 38.3 Å². The number of piperidine rings is 1. The van der Waals surface area contributed by atoms with E-state index in [1.54, 1.807) is 19.5 Å². The van der Waals surface area contributed by atoms with E-state index in [0.717, 1.165) is 25.9 Å². The van der Waals surface area contributed by atoms with Crippen LogP contribution in [0, 0.1) is 5.41 Å². The van der Waals surface area contributed by atoms with E-state index in [1.165, 1.54) is 0 Å². The van der Waals surface area contributed by atoms with E-state index in [0.29, 0.717) is 24.7 Å². The highest BCUT2D eigenvalue weighted by Gasteiger charge is 2.56. The van der Waals surface area contributed by atoms with Gasteiger partial charge in [-0.2, -0.15) is 0 Å². The Kier molecular flexibility index (Phi) is 4.46. The molecule has 1 saturated heterocycles. The number of hydrogen-bond acceptors (Lipinski definition) is 7. The summed E-state index contributed by atoms with van der Waals surface area (Å²) >= 11 is 0. The van der Waals surface area contributed by atoms with Gasteiger partial charge < -0.3 is 24.6 Å². The zero-order valence-corrected chi connectivity index (χ0v) is 12.8. The maximum absolute atomic E-state index is 10.2. The van der Waals surface area contributed by atoms with Gasteiger partial charge in [0.2, 0.25) is 5.95 Å². The van der Waals surface area contributed by atoms with Crippen LogP contribution < -0.4 is 9.64 Å². The fraction of sp³-hybridized carbons (Fsp3) is 0.733. The lowest BCUT2D eigenvalue weighted by Crippen LogP contribution is -2.62. The van der Waals surface area contributed by atoms with E-state index in [1.807, 2.05) is 0 Å². The molecule has 1 aliphatic carbocycles. The number of anilines is 1. The van der Waals surface area contributed by atoms with Crippen molar-refractivity contribution in [2.24, 2.45) is 5.41 Å². The molecule has 1 aromatic heterocycles. The predicted octanol–water partition coefficient (Wildman–Crippen LogP) is 0.214. The lowest BCUT2D eigenvalue weighted by atomic mass is 9.58. The van der Waals surface area contributed by atoms with Crippen LogP contribution in [-0.2, 0) is 4.74 Å². The molecule has 0 amide bonds. The molecule has 1 saturated carbocycles. The van der Waals surface area contributed by atoms with Crippen LogP contribution in [0.1, 0.15) is 19.3 Å². The van der Waals surface area contributed by atoms with Crippen molar-refractivity contribution >= 4 is 5.95 Å². The maximum atomic E-state index is 10.2. The van der Waals surface area contributed by atoms with Gasteiger partial charge >= 0.3 is 0 Å². The van der Waals surface area contributed by atoms with Crippen molar-refractivity contribution in [2.45, 2.75) is 31.5 Å². The molecule has 7 nitrogen and oxygen atoms in total. The molecule has 7 heteroatoms. The first kappa shape index (κ1) is 15.5. The second-order valence-electron chi connectivity index (χ2n) is 5.98. The summed E-state index contributed by atoms with van der Waals surface area (Å²) in [5.74, 6) is 1.33. The molecule has 1 spiro atoms. The third-order valence-corrected chi connectivity index (χ3v) is 4.98. The summed E-state index contributed by atoms with van der Waals surface area (Å²) in [6.07, 6.45) is 5.43. The highest BCUT2D eigenvalue weighted by Crippen LogP contribution is 2.51. The van der Waals surface area contributed by atoms with Crippen LogP contribution in [0.25, 0.3) is 0 Å². The Morgan fingerprint density at radius 3 is 2.55 bits per heavy atom. The van der Waals surface area contributed by atoms with Crippen molar-refractivity contribution in [3.8, 4) is 5.75 Å². The third kappa shape index (κ3) is 2.64. The monoisotopic (exact) mass is 309 g/mol. The van der Waals surface area contributed by atoms with Crippen molar-refractivity contribution in [1.82, 2.24) is 9.97 Å².